The molecule has 0 aromatic rings. The van der Waals surface area contributed by atoms with Gasteiger partial charge >= 0.3 is 0 Å². The van der Waals surface area contributed by atoms with Gasteiger partial charge in [0.25, 0.3) is 0 Å². The van der Waals surface area contributed by atoms with Crippen LogP contribution in [0.5, 0.6) is 0 Å². The summed E-state index contributed by atoms with van der Waals surface area (Å²) in [5.74, 6) is 2.00. The van der Waals surface area contributed by atoms with Gasteiger partial charge in [-0.05, 0) is 18.8 Å². The summed E-state index contributed by atoms with van der Waals surface area (Å²) in [6, 6.07) is 0. The van der Waals surface area contributed by atoms with Crippen LogP contribution in [0.4, 0.5) is 0 Å². The zero-order chi connectivity index (χ0) is 11.1. The van der Waals surface area contributed by atoms with Gasteiger partial charge in [0.2, 0.25) is 0 Å². The lowest BCUT2D eigenvalue weighted by Crippen LogP contribution is -2.22. The van der Waals surface area contributed by atoms with E-state index in [0.29, 0.717) is 18.4 Å². The summed E-state index contributed by atoms with van der Waals surface area (Å²) in [6.07, 6.45) is 5.07. The van der Waals surface area contributed by atoms with Gasteiger partial charge in [0.1, 0.15) is 0 Å². The number of hydrogen-bond donors (Lipinski definition) is 1. The fourth-order valence-electron chi connectivity index (χ4n) is 1.91. The Morgan fingerprint density at radius 3 is 2.67 bits per heavy atom. The summed E-state index contributed by atoms with van der Waals surface area (Å²) in [6.45, 7) is 6.53. The zero-order valence-corrected chi connectivity index (χ0v) is 10.0. The summed E-state index contributed by atoms with van der Waals surface area (Å²) in [4.78, 5) is 4.37. The number of ether oxygens (including phenoxy) is 1. The molecule has 1 fully saturated rings. The van der Waals surface area contributed by atoms with Crippen molar-refractivity contribution in [3.63, 3.8) is 0 Å². The molecule has 0 saturated heterocycles. The van der Waals surface area contributed by atoms with Crippen LogP contribution in [0.25, 0.3) is 0 Å². The van der Waals surface area contributed by atoms with Crippen molar-refractivity contribution in [3.8, 4) is 0 Å². The Bertz CT molecular complexity index is 196. The maximum absolute atomic E-state index is 5.92. The van der Waals surface area contributed by atoms with Crippen LogP contribution in [0, 0.1) is 11.8 Å². The topological polar surface area (TPSA) is 47.6 Å². The maximum atomic E-state index is 5.92. The van der Waals surface area contributed by atoms with Crippen molar-refractivity contribution in [1.29, 1.82) is 0 Å². The third kappa shape index (κ3) is 5.17. The molecule has 0 aromatic carbocycles. The lowest BCUT2D eigenvalue weighted by molar-refractivity contribution is 0.117. The Balaban J connectivity index is 2.08. The van der Waals surface area contributed by atoms with E-state index in [0.717, 1.165) is 19.0 Å². The molecule has 1 saturated carbocycles. The average Bonchev–Trinajstić information content (AvgIpc) is 2.69. The molecule has 0 aliphatic heterocycles. The number of nitrogens with two attached hydrogens (primary N) is 1. The Morgan fingerprint density at radius 1 is 1.40 bits per heavy atom. The van der Waals surface area contributed by atoms with Crippen molar-refractivity contribution < 1.29 is 4.74 Å². The van der Waals surface area contributed by atoms with Gasteiger partial charge in [-0.1, -0.05) is 26.7 Å². The van der Waals surface area contributed by atoms with Crippen molar-refractivity contribution in [2.24, 2.45) is 22.6 Å². The minimum Gasteiger partial charge on any atom is -0.387 e. The summed E-state index contributed by atoms with van der Waals surface area (Å²) in [7, 11) is 0. The highest BCUT2D eigenvalue weighted by molar-refractivity contribution is 5.83. The molecule has 0 heterocycles. The first-order chi connectivity index (χ1) is 7.20. The molecule has 1 aliphatic rings. The van der Waals surface area contributed by atoms with E-state index in [2.05, 4.69) is 18.8 Å². The van der Waals surface area contributed by atoms with E-state index in [1.807, 2.05) is 0 Å². The van der Waals surface area contributed by atoms with Crippen molar-refractivity contribution in [3.05, 3.63) is 0 Å². The Labute approximate surface area is 93.1 Å². The van der Waals surface area contributed by atoms with Gasteiger partial charge in [0, 0.05) is 12.5 Å². The first-order valence-corrected chi connectivity index (χ1v) is 6.07. The second-order valence-electron chi connectivity index (χ2n) is 4.76. The molecule has 0 atom stereocenters. The van der Waals surface area contributed by atoms with E-state index < -0.39 is 0 Å². The summed E-state index contributed by atoms with van der Waals surface area (Å²) >= 11 is 0. The normalized spacial score (nSPS) is 19.0. The largest absolute Gasteiger partial charge is 0.387 e. The third-order valence-corrected chi connectivity index (χ3v) is 2.75. The Kier molecular flexibility index (Phi) is 5.69. The predicted octanol–water partition coefficient (Wildman–Crippen LogP) is 2.21. The van der Waals surface area contributed by atoms with Crippen LogP contribution in [0.1, 0.15) is 39.5 Å². The van der Waals surface area contributed by atoms with Gasteiger partial charge in [-0.2, -0.15) is 0 Å². The van der Waals surface area contributed by atoms with Gasteiger partial charge in [-0.15, -0.1) is 0 Å². The van der Waals surface area contributed by atoms with Crippen LogP contribution < -0.4 is 5.73 Å². The van der Waals surface area contributed by atoms with E-state index >= 15 is 0 Å². The number of hydrogen-bond acceptors (Lipinski definition) is 2. The van der Waals surface area contributed by atoms with Crippen molar-refractivity contribution in [2.45, 2.75) is 39.5 Å². The van der Waals surface area contributed by atoms with E-state index in [1.54, 1.807) is 0 Å². The summed E-state index contributed by atoms with van der Waals surface area (Å²) in [5.41, 5.74) is 5.92. The average molecular weight is 212 g/mol. The molecule has 3 heteroatoms. The van der Waals surface area contributed by atoms with E-state index in [4.69, 9.17) is 10.5 Å². The fourth-order valence-corrected chi connectivity index (χ4v) is 1.91. The molecule has 0 aromatic heterocycles. The van der Waals surface area contributed by atoms with Gasteiger partial charge in [0.05, 0.1) is 19.0 Å². The lowest BCUT2D eigenvalue weighted by atomic mass is 10.1. The van der Waals surface area contributed by atoms with Crippen molar-refractivity contribution in [1.82, 2.24) is 0 Å². The van der Waals surface area contributed by atoms with E-state index in [9.17, 15) is 0 Å². The minimum atomic E-state index is 0.551. The lowest BCUT2D eigenvalue weighted by Gasteiger charge is -2.08. The molecule has 0 spiro atoms. The first-order valence-electron chi connectivity index (χ1n) is 6.07. The molecule has 2 N–H and O–H groups in total. The number of aliphatic imine (C=N–C) groups is 1. The van der Waals surface area contributed by atoms with Crippen LogP contribution >= 0.6 is 0 Å². The van der Waals surface area contributed by atoms with Crippen LogP contribution in [-0.2, 0) is 4.74 Å². The van der Waals surface area contributed by atoms with Gasteiger partial charge in [0.15, 0.2) is 0 Å². The van der Waals surface area contributed by atoms with Gasteiger partial charge < -0.3 is 10.5 Å². The van der Waals surface area contributed by atoms with Gasteiger partial charge in [-0.25, -0.2) is 0 Å². The second kappa shape index (κ2) is 6.83. The fraction of sp³-hybridized carbons (Fsp3) is 0.917. The van der Waals surface area contributed by atoms with Crippen molar-refractivity contribution in [2.75, 3.05) is 19.8 Å². The summed E-state index contributed by atoms with van der Waals surface area (Å²) in [5, 5.41) is 0. The molecule has 3 nitrogen and oxygen atoms in total. The molecule has 0 radical (unpaired) electrons. The number of nitrogens with zero attached hydrogens (tertiary/aromatic N) is 1. The van der Waals surface area contributed by atoms with Gasteiger partial charge in [-0.3, -0.25) is 4.99 Å². The summed E-state index contributed by atoms with van der Waals surface area (Å²) < 4.78 is 5.45. The molecule has 0 amide bonds. The number of amidine groups is 1. The molecule has 0 unspecified atom stereocenters. The zero-order valence-electron chi connectivity index (χ0n) is 10.0. The number of rotatable bonds is 6. The highest BCUT2D eigenvalue weighted by Crippen LogP contribution is 2.24. The molecule has 1 aliphatic carbocycles. The van der Waals surface area contributed by atoms with E-state index in [1.165, 1.54) is 25.7 Å². The van der Waals surface area contributed by atoms with Crippen LogP contribution in [0.15, 0.2) is 4.99 Å². The predicted molar refractivity (Wildman–Crippen MR) is 64.1 cm³/mol. The molecular formula is C12H24N2O. The maximum Gasteiger partial charge on any atom is 0.0969 e. The highest BCUT2D eigenvalue weighted by Gasteiger charge is 2.17. The smallest absolute Gasteiger partial charge is 0.0969 e. The Hall–Kier alpha value is -0.570. The molecule has 15 heavy (non-hydrogen) atoms. The standard InChI is InChI=1S/C12H24N2O/c1-10(2)9-15-8-7-14-12(13)11-5-3-4-6-11/h10-11H,3-9H2,1-2H3,(H2,13,14). The van der Waals surface area contributed by atoms with E-state index in [-0.39, 0.29) is 0 Å². The molecule has 88 valence electrons. The van der Waals surface area contributed by atoms with Crippen LogP contribution in [-0.4, -0.2) is 25.6 Å². The molecule has 0 bridgehead atoms. The SMILES string of the molecule is CC(C)COCCN=C(N)C1CCCC1. The van der Waals surface area contributed by atoms with Crippen LogP contribution in [0.2, 0.25) is 0 Å². The first kappa shape index (κ1) is 12.5. The van der Waals surface area contributed by atoms with Crippen LogP contribution in [0.3, 0.4) is 0 Å². The second-order valence-corrected chi connectivity index (χ2v) is 4.76. The molecular weight excluding hydrogens is 188 g/mol. The minimum absolute atomic E-state index is 0.551. The highest BCUT2D eigenvalue weighted by atomic mass is 16.5. The monoisotopic (exact) mass is 212 g/mol. The molecule has 1 rings (SSSR count). The van der Waals surface area contributed by atoms with Crippen molar-refractivity contribution >= 4 is 5.84 Å². The third-order valence-electron chi connectivity index (χ3n) is 2.75. The Morgan fingerprint density at radius 2 is 2.07 bits per heavy atom. The quantitative estimate of drug-likeness (QED) is 0.417.